The molecule has 0 bridgehead atoms. The maximum Gasteiger partial charge on any atom is 0.456 e. The molecule has 0 aliphatic heterocycles. The van der Waals surface area contributed by atoms with Crippen LogP contribution in [-0.2, 0) is 4.79 Å². The van der Waals surface area contributed by atoms with E-state index in [2.05, 4.69) is 25.3 Å². The molecule has 7 nitrogen and oxygen atoms in total. The molecule has 1 amide bonds. The standard InChI is InChI=1S/C19H21F5N4O2.CH2O.2H2/c1-3-7-25-16-9-13(6-8-26-16)12(2)28-17(29)15-5-4-14(10-27-15)30-11-18(20,21)19(22,23)24;1-2;;/h4-6,8-10,12H,3,7,11H2,1-2H3,(H,25,26)(H,28,29);1H2;2*1H. The smallest absolute Gasteiger partial charge is 0.456 e. The van der Waals surface area contributed by atoms with Crippen molar-refractivity contribution in [3.05, 3.63) is 47.9 Å². The second kappa shape index (κ2) is 11.9. The number of pyridine rings is 2. The Morgan fingerprint density at radius 3 is 2.44 bits per heavy atom. The highest BCUT2D eigenvalue weighted by atomic mass is 19.4. The number of alkyl halides is 5. The zero-order chi connectivity index (χ0) is 24.4. The summed E-state index contributed by atoms with van der Waals surface area (Å²) in [7, 11) is 0. The second-order valence-corrected chi connectivity index (χ2v) is 6.47. The predicted molar refractivity (Wildman–Crippen MR) is 111 cm³/mol. The van der Waals surface area contributed by atoms with E-state index in [-0.39, 0.29) is 20.3 Å². The quantitative estimate of drug-likeness (QED) is 0.522. The highest BCUT2D eigenvalue weighted by molar-refractivity contribution is 5.92. The number of rotatable bonds is 9. The van der Waals surface area contributed by atoms with Crippen molar-refractivity contribution in [1.82, 2.24) is 15.3 Å². The largest absolute Gasteiger partial charge is 0.485 e. The van der Waals surface area contributed by atoms with Gasteiger partial charge >= 0.3 is 12.1 Å². The van der Waals surface area contributed by atoms with Gasteiger partial charge in [0.05, 0.1) is 12.2 Å². The van der Waals surface area contributed by atoms with Gasteiger partial charge in [0.15, 0.2) is 6.61 Å². The van der Waals surface area contributed by atoms with E-state index in [0.29, 0.717) is 5.82 Å². The van der Waals surface area contributed by atoms with Gasteiger partial charge in [-0.25, -0.2) is 9.97 Å². The zero-order valence-electron chi connectivity index (χ0n) is 17.4. The van der Waals surface area contributed by atoms with Crippen LogP contribution in [0.15, 0.2) is 36.7 Å². The summed E-state index contributed by atoms with van der Waals surface area (Å²) in [4.78, 5) is 28.3. The third-order valence-corrected chi connectivity index (χ3v) is 3.99. The van der Waals surface area contributed by atoms with E-state index < -0.39 is 24.6 Å². The van der Waals surface area contributed by atoms with Gasteiger partial charge < -0.3 is 20.2 Å². The Bertz CT molecular complexity index is 874. The Balaban J connectivity index is 0. The van der Waals surface area contributed by atoms with Gasteiger partial charge in [0.2, 0.25) is 0 Å². The van der Waals surface area contributed by atoms with E-state index in [1.165, 1.54) is 6.07 Å². The molecule has 0 saturated heterocycles. The number of carbonyl (C=O) groups excluding carboxylic acids is 2. The van der Waals surface area contributed by atoms with Crippen molar-refractivity contribution < 1.29 is 39.1 Å². The Hall–Kier alpha value is -3.31. The van der Waals surface area contributed by atoms with Gasteiger partial charge in [0, 0.05) is 15.6 Å². The third kappa shape index (κ3) is 7.75. The van der Waals surface area contributed by atoms with E-state index in [0.717, 1.165) is 30.8 Å². The summed E-state index contributed by atoms with van der Waals surface area (Å²) in [5, 5.41) is 5.86. The summed E-state index contributed by atoms with van der Waals surface area (Å²) >= 11 is 0. The summed E-state index contributed by atoms with van der Waals surface area (Å²) < 4.78 is 66.7. The van der Waals surface area contributed by atoms with Gasteiger partial charge in [0.1, 0.15) is 24.1 Å². The summed E-state index contributed by atoms with van der Waals surface area (Å²) in [5.74, 6) is -5.18. The Labute approximate surface area is 184 Å². The van der Waals surface area contributed by atoms with Crippen molar-refractivity contribution in [3.63, 3.8) is 0 Å². The lowest BCUT2D eigenvalue weighted by molar-refractivity contribution is -0.290. The number of aromatic nitrogens is 2. The molecule has 0 aliphatic carbocycles. The molecule has 32 heavy (non-hydrogen) atoms. The molecule has 2 rings (SSSR count). The van der Waals surface area contributed by atoms with Crippen LogP contribution in [-0.4, -0.2) is 47.9 Å². The maximum atomic E-state index is 12.9. The van der Waals surface area contributed by atoms with Crippen LogP contribution in [0.5, 0.6) is 5.75 Å². The molecule has 1 unspecified atom stereocenters. The van der Waals surface area contributed by atoms with Crippen LogP contribution < -0.4 is 15.4 Å². The first-order chi connectivity index (χ1) is 15.0. The Morgan fingerprint density at radius 2 is 1.88 bits per heavy atom. The number of halogens is 5. The van der Waals surface area contributed by atoms with Crippen LogP contribution >= 0.6 is 0 Å². The van der Waals surface area contributed by atoms with Crippen LogP contribution in [0.4, 0.5) is 27.8 Å². The molecule has 2 aromatic heterocycles. The van der Waals surface area contributed by atoms with Gasteiger partial charge in [-0.05, 0) is 43.2 Å². The summed E-state index contributed by atoms with van der Waals surface area (Å²) in [5.41, 5.74) is 0.751. The molecule has 2 heterocycles. The average molecular weight is 466 g/mol. The van der Waals surface area contributed by atoms with E-state index in [9.17, 15) is 26.7 Å². The van der Waals surface area contributed by atoms with Crippen LogP contribution in [0.2, 0.25) is 0 Å². The Morgan fingerprint density at radius 1 is 1.19 bits per heavy atom. The number of anilines is 1. The fourth-order valence-corrected chi connectivity index (χ4v) is 2.28. The third-order valence-electron chi connectivity index (χ3n) is 3.99. The molecule has 0 aromatic carbocycles. The van der Waals surface area contributed by atoms with Crippen molar-refractivity contribution in [2.75, 3.05) is 18.5 Å². The first-order valence-corrected chi connectivity index (χ1v) is 9.36. The van der Waals surface area contributed by atoms with Crippen LogP contribution in [0.3, 0.4) is 0 Å². The fourth-order valence-electron chi connectivity index (χ4n) is 2.28. The van der Waals surface area contributed by atoms with E-state index in [1.54, 1.807) is 25.3 Å². The highest BCUT2D eigenvalue weighted by Gasteiger charge is 2.58. The summed E-state index contributed by atoms with van der Waals surface area (Å²) in [6.07, 6.45) is -2.27. The van der Waals surface area contributed by atoms with Crippen LogP contribution in [0.25, 0.3) is 0 Å². The molecular weight excluding hydrogens is 439 g/mol. The average Bonchev–Trinajstić information content (AvgIpc) is 2.77. The highest BCUT2D eigenvalue weighted by Crippen LogP contribution is 2.35. The topological polar surface area (TPSA) is 93.2 Å². The first-order valence-electron chi connectivity index (χ1n) is 9.36. The molecule has 0 radical (unpaired) electrons. The molecule has 2 N–H and O–H groups in total. The monoisotopic (exact) mass is 466 g/mol. The number of nitrogens with zero attached hydrogens (tertiary/aromatic N) is 2. The number of amides is 1. The van der Waals surface area contributed by atoms with Gasteiger partial charge in [-0.3, -0.25) is 4.79 Å². The number of hydrogen-bond donors (Lipinski definition) is 2. The minimum atomic E-state index is -5.71. The van der Waals surface area contributed by atoms with Gasteiger partial charge in [0.25, 0.3) is 5.91 Å². The van der Waals surface area contributed by atoms with Gasteiger partial charge in [-0.2, -0.15) is 22.0 Å². The number of hydrogen-bond acceptors (Lipinski definition) is 6. The molecule has 0 fully saturated rings. The Kier molecular flexibility index (Phi) is 9.95. The number of carbonyl (C=O) groups is 2. The SMILES string of the molecule is C=O.CCCNc1cc(C(C)NC(=O)c2ccc(OCC(F)(F)C(F)(F)F)cn2)ccn1.[HH].[HH]. The van der Waals surface area contributed by atoms with Crippen molar-refractivity contribution in [1.29, 1.82) is 0 Å². The van der Waals surface area contributed by atoms with Crippen molar-refractivity contribution in [3.8, 4) is 5.75 Å². The van der Waals surface area contributed by atoms with Crippen molar-refractivity contribution >= 4 is 18.5 Å². The fraction of sp³-hybridized carbons (Fsp3) is 0.400. The molecule has 0 aliphatic rings. The van der Waals surface area contributed by atoms with Gasteiger partial charge in [-0.15, -0.1) is 0 Å². The molecule has 1 atom stereocenters. The molecule has 2 aromatic rings. The molecule has 0 saturated carbocycles. The number of nitrogens with one attached hydrogen (secondary N) is 2. The second-order valence-electron chi connectivity index (χ2n) is 6.47. The minimum absolute atomic E-state index is 0. The van der Waals surface area contributed by atoms with Crippen molar-refractivity contribution in [2.45, 2.75) is 38.4 Å². The normalized spacial score (nSPS) is 12.2. The lowest BCUT2D eigenvalue weighted by Crippen LogP contribution is -2.41. The maximum absolute atomic E-state index is 12.9. The minimum Gasteiger partial charge on any atom is -0.485 e. The van der Waals surface area contributed by atoms with E-state index in [1.807, 2.05) is 13.7 Å². The van der Waals surface area contributed by atoms with Crippen LogP contribution in [0.1, 0.15) is 45.2 Å². The lowest BCUT2D eigenvalue weighted by atomic mass is 10.1. The molecular formula is C20H27F5N4O3. The zero-order valence-corrected chi connectivity index (χ0v) is 17.4. The van der Waals surface area contributed by atoms with E-state index in [4.69, 9.17) is 4.79 Å². The number of ether oxygens (including phenoxy) is 1. The van der Waals surface area contributed by atoms with Gasteiger partial charge in [-0.1, -0.05) is 6.92 Å². The van der Waals surface area contributed by atoms with Crippen molar-refractivity contribution in [2.24, 2.45) is 0 Å². The summed E-state index contributed by atoms with van der Waals surface area (Å²) in [6.45, 7) is 4.65. The molecule has 0 spiro atoms. The first kappa shape index (κ1) is 26.7. The van der Waals surface area contributed by atoms with E-state index >= 15 is 0 Å². The predicted octanol–water partition coefficient (Wildman–Crippen LogP) is 4.67. The molecule has 12 heteroatoms. The molecule has 180 valence electrons. The lowest BCUT2D eigenvalue weighted by Gasteiger charge is -2.19. The summed E-state index contributed by atoms with van der Waals surface area (Å²) in [6, 6.07) is 5.42. The van der Waals surface area contributed by atoms with Crippen LogP contribution in [0, 0.1) is 0 Å².